The average molecular weight is 482 g/mol. The third-order valence-corrected chi connectivity index (χ3v) is 4.53. The van der Waals surface area contributed by atoms with Gasteiger partial charge in [-0.15, -0.1) is 24.0 Å². The van der Waals surface area contributed by atoms with Gasteiger partial charge in [-0.25, -0.2) is 4.98 Å². The number of benzene rings is 1. The van der Waals surface area contributed by atoms with Crippen molar-refractivity contribution in [2.75, 3.05) is 33.7 Å². The first-order chi connectivity index (χ1) is 12.7. The number of likely N-dealkylation sites (tertiary alicyclic amines) is 1. The molecule has 1 amide bonds. The second-order valence-corrected chi connectivity index (χ2v) is 6.45. The van der Waals surface area contributed by atoms with Crippen LogP contribution < -0.4 is 5.32 Å². The van der Waals surface area contributed by atoms with Crippen LogP contribution in [-0.4, -0.2) is 65.4 Å². The van der Waals surface area contributed by atoms with E-state index in [-0.39, 0.29) is 36.4 Å². The first kappa shape index (κ1) is 21.2. The van der Waals surface area contributed by atoms with Gasteiger partial charge in [-0.05, 0) is 18.4 Å². The number of guanidine groups is 1. The van der Waals surface area contributed by atoms with Crippen molar-refractivity contribution in [1.29, 1.82) is 0 Å². The zero-order valence-electron chi connectivity index (χ0n) is 15.8. The summed E-state index contributed by atoms with van der Waals surface area (Å²) in [4.78, 5) is 28.1. The normalized spacial score (nSPS) is 14.0. The van der Waals surface area contributed by atoms with Gasteiger partial charge in [0, 0.05) is 27.2 Å². The van der Waals surface area contributed by atoms with E-state index in [1.165, 1.54) is 0 Å². The third kappa shape index (κ3) is 5.69. The molecule has 0 unspecified atom stereocenters. The highest BCUT2D eigenvalue weighted by Crippen LogP contribution is 2.16. The lowest BCUT2D eigenvalue weighted by Crippen LogP contribution is -2.44. The van der Waals surface area contributed by atoms with Crippen LogP contribution in [0.4, 0.5) is 0 Å². The van der Waals surface area contributed by atoms with Crippen LogP contribution in [0.3, 0.4) is 0 Å². The molecule has 1 fully saturated rings. The van der Waals surface area contributed by atoms with Crippen LogP contribution in [0.5, 0.6) is 0 Å². The average Bonchev–Trinajstić information content (AvgIpc) is 3.35. The molecule has 2 heterocycles. The molecular weight excluding hydrogens is 455 g/mol. The van der Waals surface area contributed by atoms with Gasteiger partial charge >= 0.3 is 0 Å². The Morgan fingerprint density at radius 3 is 2.67 bits per heavy atom. The summed E-state index contributed by atoms with van der Waals surface area (Å²) in [6.07, 6.45) is 4.04. The number of aliphatic imine (C=N–C) groups is 1. The number of H-pyrrole nitrogens is 1. The Balaban J connectivity index is 0.00000261. The van der Waals surface area contributed by atoms with E-state index in [9.17, 15) is 4.79 Å². The van der Waals surface area contributed by atoms with Crippen LogP contribution in [0.15, 0.2) is 41.5 Å². The van der Waals surface area contributed by atoms with Gasteiger partial charge in [0.1, 0.15) is 5.82 Å². The topological polar surface area (TPSA) is 76.6 Å². The molecule has 8 heteroatoms. The lowest BCUT2D eigenvalue weighted by Gasteiger charge is -2.22. The Bertz CT molecular complexity index is 755. The molecule has 2 N–H and O–H groups in total. The number of rotatable bonds is 5. The minimum absolute atomic E-state index is 0. The number of amides is 1. The molecule has 3 rings (SSSR count). The van der Waals surface area contributed by atoms with Crippen molar-refractivity contribution < 1.29 is 4.79 Å². The maximum atomic E-state index is 12.2. The molecule has 0 radical (unpaired) electrons. The molecule has 0 saturated carbocycles. The second kappa shape index (κ2) is 10.3. The molecule has 0 bridgehead atoms. The van der Waals surface area contributed by atoms with E-state index in [0.717, 1.165) is 43.0 Å². The quantitative estimate of drug-likeness (QED) is 0.390. The molecule has 27 heavy (non-hydrogen) atoms. The van der Waals surface area contributed by atoms with E-state index in [2.05, 4.69) is 20.3 Å². The highest BCUT2D eigenvalue weighted by atomic mass is 127. The summed E-state index contributed by atoms with van der Waals surface area (Å²) < 4.78 is 0. The number of hydrogen-bond donors (Lipinski definition) is 2. The molecule has 146 valence electrons. The van der Waals surface area contributed by atoms with Crippen molar-refractivity contribution in [1.82, 2.24) is 25.1 Å². The fraction of sp³-hybridized carbons (Fsp3) is 0.421. The molecule has 0 atom stereocenters. The standard InChI is InChI=1S/C19H26N6O.HI/c1-20-19(22-13-18(26)25-10-6-7-11-25)24(2)14-17-21-12-16(23-17)15-8-4-3-5-9-15;/h3-5,8-9,12H,6-7,10-11,13-14H2,1-2H3,(H,20,22)(H,21,23);1H. The Labute approximate surface area is 177 Å². The molecule has 7 nitrogen and oxygen atoms in total. The van der Waals surface area contributed by atoms with Crippen LogP contribution in [0.2, 0.25) is 0 Å². The summed E-state index contributed by atoms with van der Waals surface area (Å²) in [5.74, 6) is 1.65. The predicted octanol–water partition coefficient (Wildman–Crippen LogP) is 2.32. The minimum Gasteiger partial charge on any atom is -0.347 e. The number of aromatic nitrogens is 2. The SMILES string of the molecule is CN=C(NCC(=O)N1CCCC1)N(C)Cc1ncc(-c2ccccc2)[nH]1.I. The molecule has 0 spiro atoms. The van der Waals surface area contributed by atoms with Crippen molar-refractivity contribution in [2.24, 2.45) is 4.99 Å². The smallest absolute Gasteiger partial charge is 0.241 e. The maximum Gasteiger partial charge on any atom is 0.241 e. The Morgan fingerprint density at radius 1 is 1.30 bits per heavy atom. The van der Waals surface area contributed by atoms with E-state index < -0.39 is 0 Å². The molecule has 1 aromatic carbocycles. The largest absolute Gasteiger partial charge is 0.347 e. The van der Waals surface area contributed by atoms with Crippen LogP contribution in [-0.2, 0) is 11.3 Å². The van der Waals surface area contributed by atoms with Crippen molar-refractivity contribution in [3.8, 4) is 11.3 Å². The number of nitrogens with zero attached hydrogens (tertiary/aromatic N) is 4. The number of halogens is 1. The van der Waals surface area contributed by atoms with Crippen LogP contribution in [0.25, 0.3) is 11.3 Å². The second-order valence-electron chi connectivity index (χ2n) is 6.45. The summed E-state index contributed by atoms with van der Waals surface area (Å²) in [5, 5.41) is 3.15. The van der Waals surface area contributed by atoms with Gasteiger partial charge in [-0.1, -0.05) is 30.3 Å². The first-order valence-corrected chi connectivity index (χ1v) is 8.96. The lowest BCUT2D eigenvalue weighted by atomic mass is 10.2. The highest BCUT2D eigenvalue weighted by Gasteiger charge is 2.18. The van der Waals surface area contributed by atoms with Crippen molar-refractivity contribution in [2.45, 2.75) is 19.4 Å². The van der Waals surface area contributed by atoms with E-state index in [1.807, 2.05) is 53.4 Å². The van der Waals surface area contributed by atoms with Gasteiger partial charge in [0.15, 0.2) is 5.96 Å². The Morgan fingerprint density at radius 2 is 2.00 bits per heavy atom. The summed E-state index contributed by atoms with van der Waals surface area (Å²) >= 11 is 0. The van der Waals surface area contributed by atoms with Gasteiger partial charge in [-0.3, -0.25) is 9.79 Å². The zero-order valence-corrected chi connectivity index (χ0v) is 18.1. The molecular formula is C19H27IN6O. The fourth-order valence-corrected chi connectivity index (χ4v) is 3.12. The molecule has 1 aromatic heterocycles. The summed E-state index contributed by atoms with van der Waals surface area (Å²) in [7, 11) is 3.65. The lowest BCUT2D eigenvalue weighted by molar-refractivity contribution is -0.128. The van der Waals surface area contributed by atoms with E-state index in [0.29, 0.717) is 12.5 Å². The monoisotopic (exact) mass is 482 g/mol. The number of imidazole rings is 1. The minimum atomic E-state index is 0. The summed E-state index contributed by atoms with van der Waals surface area (Å²) in [6, 6.07) is 10.1. The molecule has 2 aromatic rings. The van der Waals surface area contributed by atoms with Gasteiger partial charge in [0.25, 0.3) is 0 Å². The number of nitrogens with one attached hydrogen (secondary N) is 2. The van der Waals surface area contributed by atoms with E-state index >= 15 is 0 Å². The molecule has 1 saturated heterocycles. The van der Waals surface area contributed by atoms with Gasteiger partial charge in [-0.2, -0.15) is 0 Å². The zero-order chi connectivity index (χ0) is 18.4. The van der Waals surface area contributed by atoms with Gasteiger partial charge < -0.3 is 20.1 Å². The summed E-state index contributed by atoms with van der Waals surface area (Å²) in [6.45, 7) is 2.57. The molecule has 1 aliphatic rings. The first-order valence-electron chi connectivity index (χ1n) is 8.96. The van der Waals surface area contributed by atoms with Gasteiger partial charge in [0.05, 0.1) is 25.0 Å². The van der Waals surface area contributed by atoms with Crippen molar-refractivity contribution in [3.63, 3.8) is 0 Å². The highest BCUT2D eigenvalue weighted by molar-refractivity contribution is 14.0. The van der Waals surface area contributed by atoms with E-state index in [1.54, 1.807) is 7.05 Å². The van der Waals surface area contributed by atoms with Crippen molar-refractivity contribution >= 4 is 35.8 Å². The van der Waals surface area contributed by atoms with Crippen molar-refractivity contribution in [3.05, 3.63) is 42.4 Å². The number of hydrogen-bond acceptors (Lipinski definition) is 3. The number of carbonyl (C=O) groups excluding carboxylic acids is 1. The van der Waals surface area contributed by atoms with Crippen LogP contribution in [0.1, 0.15) is 18.7 Å². The van der Waals surface area contributed by atoms with E-state index in [4.69, 9.17) is 0 Å². The fourth-order valence-electron chi connectivity index (χ4n) is 3.12. The van der Waals surface area contributed by atoms with Crippen LogP contribution in [0, 0.1) is 0 Å². The molecule has 0 aliphatic carbocycles. The molecule has 1 aliphatic heterocycles. The maximum absolute atomic E-state index is 12.2. The number of carbonyl (C=O) groups is 1. The Hall–Kier alpha value is -2.10. The number of aromatic amines is 1. The predicted molar refractivity (Wildman–Crippen MR) is 118 cm³/mol. The Kier molecular flexibility index (Phi) is 8.08. The summed E-state index contributed by atoms with van der Waals surface area (Å²) in [5.41, 5.74) is 2.09. The third-order valence-electron chi connectivity index (χ3n) is 4.53. The van der Waals surface area contributed by atoms with Gasteiger partial charge in [0.2, 0.25) is 5.91 Å². The van der Waals surface area contributed by atoms with Crippen LogP contribution >= 0.6 is 24.0 Å².